The lowest BCUT2D eigenvalue weighted by molar-refractivity contribution is -0.119. The quantitative estimate of drug-likeness (QED) is 0.469. The molecule has 1 N–H and O–H groups in total. The molecule has 0 saturated carbocycles. The van der Waals surface area contributed by atoms with Gasteiger partial charge in [0.25, 0.3) is 0 Å². The maximum Gasteiger partial charge on any atom is 0.243 e. The van der Waals surface area contributed by atoms with E-state index < -0.39 is 38.3 Å². The fourth-order valence-electron chi connectivity index (χ4n) is 3.37. The van der Waals surface area contributed by atoms with Gasteiger partial charge in [0.15, 0.2) is 0 Å². The number of hydrogen-bond acceptors (Lipinski definition) is 6. The van der Waals surface area contributed by atoms with Crippen LogP contribution in [-0.2, 0) is 24.8 Å². The molecule has 1 amide bonds. The molecule has 0 aliphatic carbocycles. The Labute approximate surface area is 203 Å². The van der Waals surface area contributed by atoms with Gasteiger partial charge in [-0.3, -0.25) is 9.10 Å². The maximum atomic E-state index is 13.4. The van der Waals surface area contributed by atoms with E-state index in [1.165, 1.54) is 34.6 Å². The van der Waals surface area contributed by atoms with Crippen LogP contribution in [0.1, 0.15) is 12.8 Å². The van der Waals surface area contributed by atoms with E-state index in [-0.39, 0.29) is 28.8 Å². The van der Waals surface area contributed by atoms with Crippen molar-refractivity contribution in [1.82, 2.24) is 9.62 Å². The number of carbonyl (C=O) groups excluding carboxylic acids is 1. The van der Waals surface area contributed by atoms with Crippen molar-refractivity contribution in [3.8, 4) is 5.75 Å². The van der Waals surface area contributed by atoms with Crippen LogP contribution in [-0.4, -0.2) is 66.1 Å². The minimum Gasteiger partial charge on any atom is -0.492 e. The highest BCUT2D eigenvalue weighted by Crippen LogP contribution is 2.25. The zero-order valence-electron chi connectivity index (χ0n) is 18.4. The Morgan fingerprint density at radius 3 is 2.35 bits per heavy atom. The van der Waals surface area contributed by atoms with Crippen LogP contribution in [0, 0.1) is 5.82 Å². The summed E-state index contributed by atoms with van der Waals surface area (Å²) in [6.45, 7) is 0.667. The highest BCUT2D eigenvalue weighted by Gasteiger charge is 2.27. The standard InChI is InChI=1S/C21H25ClFN3O6S2/c1-33(28,29)26(16-4-9-20(23)19(22)14-16)15-21(27)24-10-13-32-17-5-7-18(8-6-17)34(30,31)25-11-2-3-12-25/h4-9,14H,2-3,10-13,15H2,1H3,(H,24,27). The zero-order valence-corrected chi connectivity index (χ0v) is 20.8. The predicted octanol–water partition coefficient (Wildman–Crippen LogP) is 2.22. The first kappa shape index (κ1) is 26.2. The molecule has 1 fully saturated rings. The van der Waals surface area contributed by atoms with Gasteiger partial charge in [0, 0.05) is 13.1 Å². The van der Waals surface area contributed by atoms with Crippen molar-refractivity contribution in [2.75, 3.05) is 43.3 Å². The molecule has 2 aromatic carbocycles. The Balaban J connectivity index is 1.51. The van der Waals surface area contributed by atoms with Crippen LogP contribution in [0.25, 0.3) is 0 Å². The summed E-state index contributed by atoms with van der Waals surface area (Å²) in [5.41, 5.74) is 0.0595. The second-order valence-electron chi connectivity index (χ2n) is 7.65. The summed E-state index contributed by atoms with van der Waals surface area (Å²) in [5.74, 6) is -0.878. The van der Waals surface area contributed by atoms with Crippen LogP contribution in [0.5, 0.6) is 5.75 Å². The molecule has 186 valence electrons. The highest BCUT2D eigenvalue weighted by atomic mass is 35.5. The highest BCUT2D eigenvalue weighted by molar-refractivity contribution is 7.92. The SMILES string of the molecule is CS(=O)(=O)N(CC(=O)NCCOc1ccc(S(=O)(=O)N2CCCC2)cc1)c1ccc(F)c(Cl)c1. The van der Waals surface area contributed by atoms with Crippen molar-refractivity contribution >= 4 is 43.2 Å². The average Bonchev–Trinajstić information content (AvgIpc) is 3.33. The molecule has 9 nitrogen and oxygen atoms in total. The molecule has 13 heteroatoms. The van der Waals surface area contributed by atoms with Crippen LogP contribution >= 0.6 is 11.6 Å². The summed E-state index contributed by atoms with van der Waals surface area (Å²) in [6.07, 6.45) is 2.63. The molecule has 1 heterocycles. The van der Waals surface area contributed by atoms with E-state index in [0.29, 0.717) is 18.8 Å². The smallest absolute Gasteiger partial charge is 0.243 e. The Morgan fingerprint density at radius 2 is 1.76 bits per heavy atom. The van der Waals surface area contributed by atoms with Crippen molar-refractivity contribution in [3.63, 3.8) is 0 Å². The van der Waals surface area contributed by atoms with Crippen LogP contribution in [0.3, 0.4) is 0 Å². The molecule has 0 atom stereocenters. The molecule has 0 bridgehead atoms. The second kappa shape index (κ2) is 10.9. The summed E-state index contributed by atoms with van der Waals surface area (Å²) in [5, 5.41) is 2.28. The largest absolute Gasteiger partial charge is 0.492 e. The van der Waals surface area contributed by atoms with E-state index in [9.17, 15) is 26.0 Å². The summed E-state index contributed by atoms with van der Waals surface area (Å²) < 4.78 is 70.5. The van der Waals surface area contributed by atoms with Gasteiger partial charge in [0.1, 0.15) is 24.7 Å². The topological polar surface area (TPSA) is 113 Å². The Kier molecular flexibility index (Phi) is 8.39. The van der Waals surface area contributed by atoms with E-state index >= 15 is 0 Å². The molecular formula is C21H25ClFN3O6S2. The predicted molar refractivity (Wildman–Crippen MR) is 127 cm³/mol. The Hall–Kier alpha value is -2.41. The summed E-state index contributed by atoms with van der Waals surface area (Å²) >= 11 is 5.72. The zero-order chi connectivity index (χ0) is 24.9. The van der Waals surface area contributed by atoms with Gasteiger partial charge in [-0.25, -0.2) is 21.2 Å². The van der Waals surface area contributed by atoms with Crippen LogP contribution < -0.4 is 14.4 Å². The first-order valence-electron chi connectivity index (χ1n) is 10.4. The molecule has 34 heavy (non-hydrogen) atoms. The monoisotopic (exact) mass is 533 g/mol. The van der Waals surface area contributed by atoms with Gasteiger partial charge in [-0.05, 0) is 55.3 Å². The fourth-order valence-corrected chi connectivity index (χ4v) is 5.91. The number of benzene rings is 2. The molecule has 1 aliphatic heterocycles. The van der Waals surface area contributed by atoms with E-state index in [2.05, 4.69) is 5.32 Å². The molecule has 0 radical (unpaired) electrons. The van der Waals surface area contributed by atoms with Gasteiger partial charge in [0.2, 0.25) is 26.0 Å². The summed E-state index contributed by atoms with van der Waals surface area (Å²) in [4.78, 5) is 12.5. The van der Waals surface area contributed by atoms with Gasteiger partial charge in [0.05, 0.1) is 28.4 Å². The van der Waals surface area contributed by atoms with Crippen molar-refractivity contribution in [2.24, 2.45) is 0 Å². The summed E-state index contributed by atoms with van der Waals surface area (Å²) in [6, 6.07) is 9.37. The lowest BCUT2D eigenvalue weighted by Crippen LogP contribution is -2.41. The number of carbonyl (C=O) groups is 1. The second-order valence-corrected chi connectivity index (χ2v) is 11.9. The minimum absolute atomic E-state index is 0.0595. The lowest BCUT2D eigenvalue weighted by Gasteiger charge is -2.22. The summed E-state index contributed by atoms with van der Waals surface area (Å²) in [7, 11) is -7.34. The normalized spacial score (nSPS) is 14.7. The lowest BCUT2D eigenvalue weighted by atomic mass is 10.3. The molecule has 0 aromatic heterocycles. The maximum absolute atomic E-state index is 13.4. The molecule has 0 spiro atoms. The molecule has 1 saturated heterocycles. The number of ether oxygens (including phenoxy) is 1. The number of hydrogen-bond donors (Lipinski definition) is 1. The van der Waals surface area contributed by atoms with E-state index in [1.807, 2.05) is 0 Å². The third-order valence-corrected chi connectivity index (χ3v) is 8.44. The van der Waals surface area contributed by atoms with E-state index in [4.69, 9.17) is 16.3 Å². The van der Waals surface area contributed by atoms with Crippen LogP contribution in [0.4, 0.5) is 10.1 Å². The number of nitrogens with one attached hydrogen (secondary N) is 1. The number of halogens is 2. The first-order chi connectivity index (χ1) is 16.0. The van der Waals surface area contributed by atoms with E-state index in [0.717, 1.165) is 35.5 Å². The van der Waals surface area contributed by atoms with Crippen molar-refractivity contribution in [2.45, 2.75) is 17.7 Å². The van der Waals surface area contributed by atoms with Gasteiger partial charge in [-0.2, -0.15) is 4.31 Å². The first-order valence-corrected chi connectivity index (χ1v) is 14.1. The third kappa shape index (κ3) is 6.59. The number of nitrogens with zero attached hydrogens (tertiary/aromatic N) is 2. The average molecular weight is 534 g/mol. The number of sulfonamides is 2. The third-order valence-electron chi connectivity index (χ3n) is 5.10. The Morgan fingerprint density at radius 1 is 1.12 bits per heavy atom. The van der Waals surface area contributed by atoms with Crippen LogP contribution in [0.2, 0.25) is 5.02 Å². The Bertz CT molecular complexity index is 1230. The van der Waals surface area contributed by atoms with Crippen molar-refractivity contribution in [1.29, 1.82) is 0 Å². The molecule has 2 aromatic rings. The van der Waals surface area contributed by atoms with Gasteiger partial charge >= 0.3 is 0 Å². The number of anilines is 1. The van der Waals surface area contributed by atoms with Crippen molar-refractivity contribution < 1.29 is 30.8 Å². The number of rotatable bonds is 10. The van der Waals surface area contributed by atoms with Gasteiger partial charge < -0.3 is 10.1 Å². The molecule has 3 rings (SSSR count). The molecular weight excluding hydrogens is 509 g/mol. The van der Waals surface area contributed by atoms with Gasteiger partial charge in [-0.15, -0.1) is 0 Å². The van der Waals surface area contributed by atoms with Crippen molar-refractivity contribution in [3.05, 3.63) is 53.3 Å². The van der Waals surface area contributed by atoms with Gasteiger partial charge in [-0.1, -0.05) is 11.6 Å². The van der Waals surface area contributed by atoms with Crippen LogP contribution in [0.15, 0.2) is 47.4 Å². The molecule has 1 aliphatic rings. The minimum atomic E-state index is -3.83. The molecule has 0 unspecified atom stereocenters. The van der Waals surface area contributed by atoms with E-state index in [1.54, 1.807) is 0 Å². The number of amides is 1. The fraction of sp³-hybridized carbons (Fsp3) is 0.381.